The number of anilines is 1. The molecule has 0 unspecified atom stereocenters. The van der Waals surface area contributed by atoms with Gasteiger partial charge in [-0.3, -0.25) is 9.59 Å². The van der Waals surface area contributed by atoms with Gasteiger partial charge in [-0.05, 0) is 50.1 Å². The standard InChI is InChI=1S/C22H21NO5/c1-13-9-10-16(11-14(13)2)20(25)15(3)28-22(26)19-18(24)12-27-21(19)23-17-7-5-4-6-8-17/h4-11,15,23H,12H2,1-3H3/t15-/m0/s1. The van der Waals surface area contributed by atoms with Gasteiger partial charge >= 0.3 is 5.97 Å². The molecule has 1 atom stereocenters. The highest BCUT2D eigenvalue weighted by Gasteiger charge is 2.34. The zero-order valence-electron chi connectivity index (χ0n) is 15.9. The van der Waals surface area contributed by atoms with E-state index in [0.717, 1.165) is 11.1 Å². The number of nitrogens with one attached hydrogen (secondary N) is 1. The van der Waals surface area contributed by atoms with Crippen LogP contribution in [-0.4, -0.2) is 30.2 Å². The summed E-state index contributed by atoms with van der Waals surface area (Å²) in [5.74, 6) is -1.67. The average molecular weight is 379 g/mol. The molecule has 28 heavy (non-hydrogen) atoms. The Morgan fingerprint density at radius 2 is 1.79 bits per heavy atom. The van der Waals surface area contributed by atoms with Gasteiger partial charge in [-0.1, -0.05) is 30.3 Å². The van der Waals surface area contributed by atoms with E-state index in [0.29, 0.717) is 11.3 Å². The first-order valence-corrected chi connectivity index (χ1v) is 8.91. The maximum atomic E-state index is 12.6. The largest absolute Gasteiger partial charge is 0.470 e. The van der Waals surface area contributed by atoms with Gasteiger partial charge in [0.25, 0.3) is 0 Å². The minimum Gasteiger partial charge on any atom is -0.470 e. The quantitative estimate of drug-likeness (QED) is 0.471. The van der Waals surface area contributed by atoms with E-state index in [1.807, 2.05) is 38.1 Å². The van der Waals surface area contributed by atoms with E-state index in [-0.39, 0.29) is 23.8 Å². The fourth-order valence-electron chi connectivity index (χ4n) is 2.77. The van der Waals surface area contributed by atoms with E-state index >= 15 is 0 Å². The Bertz CT molecular complexity index is 962. The topological polar surface area (TPSA) is 81.7 Å². The predicted molar refractivity (Wildman–Crippen MR) is 104 cm³/mol. The van der Waals surface area contributed by atoms with Gasteiger partial charge in [-0.15, -0.1) is 0 Å². The molecule has 1 heterocycles. The molecule has 0 radical (unpaired) electrons. The van der Waals surface area contributed by atoms with Crippen molar-refractivity contribution in [1.82, 2.24) is 0 Å². The maximum absolute atomic E-state index is 12.6. The number of Topliss-reactive ketones (excluding diaryl/α,β-unsaturated/α-hetero) is 2. The van der Waals surface area contributed by atoms with E-state index in [2.05, 4.69) is 5.32 Å². The lowest BCUT2D eigenvalue weighted by molar-refractivity contribution is -0.142. The van der Waals surface area contributed by atoms with Crippen LogP contribution in [0, 0.1) is 13.8 Å². The highest BCUT2D eigenvalue weighted by molar-refractivity contribution is 6.20. The number of rotatable bonds is 6. The van der Waals surface area contributed by atoms with Crippen LogP contribution in [0.2, 0.25) is 0 Å². The summed E-state index contributed by atoms with van der Waals surface area (Å²) < 4.78 is 10.6. The number of carbonyl (C=O) groups excluding carboxylic acids is 3. The van der Waals surface area contributed by atoms with Gasteiger partial charge in [0.2, 0.25) is 17.4 Å². The zero-order valence-corrected chi connectivity index (χ0v) is 15.9. The summed E-state index contributed by atoms with van der Waals surface area (Å²) >= 11 is 0. The van der Waals surface area contributed by atoms with Gasteiger partial charge in [0.1, 0.15) is 0 Å². The number of ether oxygens (including phenoxy) is 2. The molecule has 1 N–H and O–H groups in total. The zero-order chi connectivity index (χ0) is 20.3. The molecule has 0 fully saturated rings. The van der Waals surface area contributed by atoms with Crippen LogP contribution in [-0.2, 0) is 19.1 Å². The summed E-state index contributed by atoms with van der Waals surface area (Å²) in [5, 5.41) is 2.90. The van der Waals surface area contributed by atoms with Crippen LogP contribution < -0.4 is 5.32 Å². The molecule has 3 rings (SSSR count). The second-order valence-corrected chi connectivity index (χ2v) is 6.62. The molecule has 2 aromatic rings. The molecular weight excluding hydrogens is 358 g/mol. The lowest BCUT2D eigenvalue weighted by Gasteiger charge is -2.14. The monoisotopic (exact) mass is 379 g/mol. The molecule has 0 aromatic heterocycles. The highest BCUT2D eigenvalue weighted by Crippen LogP contribution is 2.21. The Labute approximate surface area is 163 Å². The normalized spacial score (nSPS) is 14.5. The predicted octanol–water partition coefficient (Wildman–Crippen LogP) is 3.34. The molecule has 144 valence electrons. The number of para-hydroxylation sites is 1. The molecule has 0 aliphatic carbocycles. The van der Waals surface area contributed by atoms with E-state index in [1.165, 1.54) is 6.92 Å². The first-order chi connectivity index (χ1) is 13.4. The molecule has 6 heteroatoms. The van der Waals surface area contributed by atoms with Gasteiger partial charge in [0.05, 0.1) is 0 Å². The van der Waals surface area contributed by atoms with Crippen molar-refractivity contribution in [2.24, 2.45) is 0 Å². The third kappa shape index (κ3) is 4.11. The van der Waals surface area contributed by atoms with Gasteiger partial charge in [0, 0.05) is 11.3 Å². The van der Waals surface area contributed by atoms with Crippen LogP contribution in [0.1, 0.15) is 28.4 Å². The van der Waals surface area contributed by atoms with Crippen LogP contribution in [0.15, 0.2) is 60.0 Å². The third-order valence-electron chi connectivity index (χ3n) is 4.53. The average Bonchev–Trinajstić information content (AvgIpc) is 3.04. The van der Waals surface area contributed by atoms with Crippen molar-refractivity contribution >= 4 is 23.2 Å². The van der Waals surface area contributed by atoms with Gasteiger partial charge in [-0.25, -0.2) is 4.79 Å². The number of carbonyl (C=O) groups is 3. The van der Waals surface area contributed by atoms with Crippen LogP contribution in [0.5, 0.6) is 0 Å². The number of esters is 1. The molecule has 0 amide bonds. The van der Waals surface area contributed by atoms with Gasteiger partial charge in [0.15, 0.2) is 18.3 Å². The van der Waals surface area contributed by atoms with Crippen molar-refractivity contribution in [3.8, 4) is 0 Å². The molecular formula is C22H21NO5. The molecule has 2 aromatic carbocycles. The van der Waals surface area contributed by atoms with Crippen molar-refractivity contribution in [2.75, 3.05) is 11.9 Å². The molecule has 0 saturated carbocycles. The Kier molecular flexibility index (Phi) is 5.59. The fraction of sp³-hybridized carbons (Fsp3) is 0.227. The first-order valence-electron chi connectivity index (χ1n) is 8.91. The molecule has 0 bridgehead atoms. The summed E-state index contributed by atoms with van der Waals surface area (Å²) in [6.07, 6.45) is -1.03. The minimum absolute atomic E-state index is 0.0343. The summed E-state index contributed by atoms with van der Waals surface area (Å²) in [6, 6.07) is 14.3. The Hall–Kier alpha value is -3.41. The number of ketones is 2. The van der Waals surface area contributed by atoms with Crippen LogP contribution in [0.4, 0.5) is 5.69 Å². The molecule has 1 aliphatic rings. The smallest absolute Gasteiger partial charge is 0.348 e. The molecule has 0 spiro atoms. The van der Waals surface area contributed by atoms with E-state index < -0.39 is 17.9 Å². The van der Waals surface area contributed by atoms with Crippen molar-refractivity contribution in [3.05, 3.63) is 76.7 Å². The Morgan fingerprint density at radius 3 is 2.46 bits per heavy atom. The minimum atomic E-state index is -1.03. The van der Waals surface area contributed by atoms with Crippen molar-refractivity contribution in [3.63, 3.8) is 0 Å². The summed E-state index contributed by atoms with van der Waals surface area (Å²) in [6.45, 7) is 5.09. The highest BCUT2D eigenvalue weighted by atomic mass is 16.6. The van der Waals surface area contributed by atoms with Gasteiger partial charge in [-0.2, -0.15) is 0 Å². The number of benzene rings is 2. The van der Waals surface area contributed by atoms with Gasteiger partial charge < -0.3 is 14.8 Å². The van der Waals surface area contributed by atoms with E-state index in [1.54, 1.807) is 24.3 Å². The van der Waals surface area contributed by atoms with Crippen LogP contribution in [0.3, 0.4) is 0 Å². The van der Waals surface area contributed by atoms with Crippen molar-refractivity contribution in [2.45, 2.75) is 26.9 Å². The second kappa shape index (κ2) is 8.08. The summed E-state index contributed by atoms with van der Waals surface area (Å²) in [4.78, 5) is 37.2. The second-order valence-electron chi connectivity index (χ2n) is 6.62. The Morgan fingerprint density at radius 1 is 1.07 bits per heavy atom. The Balaban J connectivity index is 1.75. The maximum Gasteiger partial charge on any atom is 0.348 e. The lowest BCUT2D eigenvalue weighted by Crippen LogP contribution is -2.27. The lowest BCUT2D eigenvalue weighted by atomic mass is 10.0. The van der Waals surface area contributed by atoms with E-state index in [9.17, 15) is 14.4 Å². The summed E-state index contributed by atoms with van der Waals surface area (Å²) in [5.41, 5.74) is 2.94. The van der Waals surface area contributed by atoms with E-state index in [4.69, 9.17) is 9.47 Å². The number of hydrogen-bond donors (Lipinski definition) is 1. The van der Waals surface area contributed by atoms with Crippen LogP contribution in [0.25, 0.3) is 0 Å². The van der Waals surface area contributed by atoms with Crippen molar-refractivity contribution < 1.29 is 23.9 Å². The summed E-state index contributed by atoms with van der Waals surface area (Å²) in [7, 11) is 0. The SMILES string of the molecule is Cc1ccc(C(=O)[C@H](C)OC(=O)C2=C(Nc3ccccc3)OCC2=O)cc1C. The first kappa shape index (κ1) is 19.4. The third-order valence-corrected chi connectivity index (χ3v) is 4.53. The number of hydrogen-bond acceptors (Lipinski definition) is 6. The molecule has 1 aliphatic heterocycles. The molecule has 0 saturated heterocycles. The van der Waals surface area contributed by atoms with Crippen molar-refractivity contribution in [1.29, 1.82) is 0 Å². The molecule has 6 nitrogen and oxygen atoms in total. The van der Waals surface area contributed by atoms with Crippen LogP contribution >= 0.6 is 0 Å². The fourth-order valence-corrected chi connectivity index (χ4v) is 2.77. The number of aryl methyl sites for hydroxylation is 2.